The molecule has 100 valence electrons. The van der Waals surface area contributed by atoms with E-state index >= 15 is 0 Å². The Labute approximate surface area is 109 Å². The maximum absolute atomic E-state index is 5.37. The Balaban J connectivity index is 1.95. The van der Waals surface area contributed by atoms with E-state index in [1.807, 2.05) is 18.2 Å². The van der Waals surface area contributed by atoms with Gasteiger partial charge in [-0.05, 0) is 44.0 Å². The van der Waals surface area contributed by atoms with Gasteiger partial charge in [-0.3, -0.25) is 0 Å². The Morgan fingerprint density at radius 3 is 2.67 bits per heavy atom. The van der Waals surface area contributed by atoms with Gasteiger partial charge in [0.25, 0.3) is 0 Å². The molecule has 0 aromatic heterocycles. The summed E-state index contributed by atoms with van der Waals surface area (Å²) in [7, 11) is 3.35. The van der Waals surface area contributed by atoms with E-state index in [1.165, 1.54) is 12.8 Å². The van der Waals surface area contributed by atoms with E-state index in [0.29, 0.717) is 0 Å². The summed E-state index contributed by atoms with van der Waals surface area (Å²) in [5.74, 6) is 2.40. The summed E-state index contributed by atoms with van der Waals surface area (Å²) in [6.07, 6.45) is 2.48. The van der Waals surface area contributed by atoms with Crippen molar-refractivity contribution in [3.63, 3.8) is 0 Å². The number of methoxy groups -OCH3 is 2. The summed E-state index contributed by atoms with van der Waals surface area (Å²) in [4.78, 5) is 0. The molecule has 0 bridgehead atoms. The van der Waals surface area contributed by atoms with Gasteiger partial charge < -0.3 is 20.1 Å². The number of hydrogen-bond donors (Lipinski definition) is 2. The first-order valence-corrected chi connectivity index (χ1v) is 6.50. The molecule has 2 rings (SSSR count). The molecule has 4 heteroatoms. The summed E-state index contributed by atoms with van der Waals surface area (Å²) in [6, 6.07) is 5.87. The zero-order valence-electron chi connectivity index (χ0n) is 11.2. The van der Waals surface area contributed by atoms with Crippen molar-refractivity contribution in [1.82, 2.24) is 5.32 Å². The molecule has 4 nitrogen and oxygen atoms in total. The second-order valence-corrected chi connectivity index (χ2v) is 4.64. The first-order valence-electron chi connectivity index (χ1n) is 6.50. The lowest BCUT2D eigenvalue weighted by Gasteiger charge is -2.23. The molecule has 0 spiro atoms. The molecule has 1 aromatic rings. The number of nitrogens with one attached hydrogen (secondary N) is 2. The fourth-order valence-corrected chi connectivity index (χ4v) is 2.28. The van der Waals surface area contributed by atoms with Crippen molar-refractivity contribution in [2.75, 3.05) is 39.2 Å². The third-order valence-corrected chi connectivity index (χ3v) is 3.45. The van der Waals surface area contributed by atoms with Crippen LogP contribution in [-0.4, -0.2) is 33.9 Å². The molecule has 1 heterocycles. The normalized spacial score (nSPS) is 16.3. The highest BCUT2D eigenvalue weighted by Gasteiger charge is 2.13. The molecule has 0 amide bonds. The van der Waals surface area contributed by atoms with Crippen LogP contribution in [0.15, 0.2) is 18.2 Å². The zero-order chi connectivity index (χ0) is 12.8. The molecule has 1 aromatic carbocycles. The van der Waals surface area contributed by atoms with E-state index in [-0.39, 0.29) is 0 Å². The first kappa shape index (κ1) is 13.0. The van der Waals surface area contributed by atoms with Crippen LogP contribution in [0.5, 0.6) is 11.5 Å². The predicted molar refractivity (Wildman–Crippen MR) is 73.6 cm³/mol. The third-order valence-electron chi connectivity index (χ3n) is 3.45. The van der Waals surface area contributed by atoms with Crippen LogP contribution in [0.3, 0.4) is 0 Å². The Bertz CT molecular complexity index is 376. The van der Waals surface area contributed by atoms with Gasteiger partial charge in [0.2, 0.25) is 0 Å². The van der Waals surface area contributed by atoms with Crippen LogP contribution in [0.1, 0.15) is 12.8 Å². The minimum atomic E-state index is 0.748. The second kappa shape index (κ2) is 6.50. The molecule has 0 radical (unpaired) electrons. The maximum Gasteiger partial charge on any atom is 0.145 e. The molecule has 1 aliphatic heterocycles. The number of piperidine rings is 1. The maximum atomic E-state index is 5.37. The van der Waals surface area contributed by atoms with Crippen LogP contribution >= 0.6 is 0 Å². The summed E-state index contributed by atoms with van der Waals surface area (Å²) < 4.78 is 10.6. The highest BCUT2D eigenvalue weighted by atomic mass is 16.5. The summed E-state index contributed by atoms with van der Waals surface area (Å²) in [6.45, 7) is 3.27. The molecule has 18 heavy (non-hydrogen) atoms. The van der Waals surface area contributed by atoms with E-state index in [9.17, 15) is 0 Å². The van der Waals surface area contributed by atoms with Gasteiger partial charge in [0.15, 0.2) is 0 Å². The number of hydrogen-bond acceptors (Lipinski definition) is 4. The predicted octanol–water partition coefficient (Wildman–Crippen LogP) is 2.12. The highest BCUT2D eigenvalue weighted by Crippen LogP contribution is 2.29. The van der Waals surface area contributed by atoms with Gasteiger partial charge in [0, 0.05) is 12.6 Å². The first-order chi connectivity index (χ1) is 8.83. The van der Waals surface area contributed by atoms with Crippen LogP contribution in [0, 0.1) is 5.92 Å². The largest absolute Gasteiger partial charge is 0.497 e. The van der Waals surface area contributed by atoms with E-state index in [2.05, 4.69) is 10.6 Å². The van der Waals surface area contributed by atoms with Gasteiger partial charge in [0.05, 0.1) is 19.9 Å². The molecule has 1 saturated heterocycles. The van der Waals surface area contributed by atoms with Crippen molar-refractivity contribution >= 4 is 5.69 Å². The van der Waals surface area contributed by atoms with Gasteiger partial charge in [0.1, 0.15) is 11.5 Å². The Hall–Kier alpha value is -1.42. The molecule has 1 aliphatic rings. The number of benzene rings is 1. The molecule has 0 aliphatic carbocycles. The third kappa shape index (κ3) is 3.29. The average Bonchev–Trinajstić information content (AvgIpc) is 2.46. The minimum Gasteiger partial charge on any atom is -0.497 e. The SMILES string of the molecule is COc1ccc(NCC2CCNCC2)c(OC)c1. The molecule has 2 N–H and O–H groups in total. The Morgan fingerprint density at radius 1 is 1.22 bits per heavy atom. The fraction of sp³-hybridized carbons (Fsp3) is 0.571. The van der Waals surface area contributed by atoms with Crippen molar-refractivity contribution in [3.8, 4) is 11.5 Å². The average molecular weight is 250 g/mol. The monoisotopic (exact) mass is 250 g/mol. The molecule has 0 unspecified atom stereocenters. The number of rotatable bonds is 5. The molecule has 0 saturated carbocycles. The summed E-state index contributed by atoms with van der Waals surface area (Å²) in [5.41, 5.74) is 1.04. The highest BCUT2D eigenvalue weighted by molar-refractivity contribution is 5.59. The standard InChI is InChI=1S/C14H22N2O2/c1-17-12-3-4-13(14(9-12)18-2)16-10-11-5-7-15-8-6-11/h3-4,9,11,15-16H,5-8,10H2,1-2H3. The van der Waals surface area contributed by atoms with Gasteiger partial charge in [-0.2, -0.15) is 0 Å². The van der Waals surface area contributed by atoms with E-state index in [0.717, 1.165) is 42.7 Å². The van der Waals surface area contributed by atoms with E-state index in [1.54, 1.807) is 14.2 Å². The molecule has 0 atom stereocenters. The lowest BCUT2D eigenvalue weighted by atomic mass is 9.98. The molecule has 1 fully saturated rings. The molecular weight excluding hydrogens is 228 g/mol. The van der Waals surface area contributed by atoms with Crippen molar-refractivity contribution in [1.29, 1.82) is 0 Å². The summed E-state index contributed by atoms with van der Waals surface area (Å²) >= 11 is 0. The molecular formula is C14H22N2O2. The quantitative estimate of drug-likeness (QED) is 0.840. The Morgan fingerprint density at radius 2 is 2.00 bits per heavy atom. The second-order valence-electron chi connectivity index (χ2n) is 4.64. The van der Waals surface area contributed by atoms with Gasteiger partial charge >= 0.3 is 0 Å². The lowest BCUT2D eigenvalue weighted by molar-refractivity contribution is 0.385. The van der Waals surface area contributed by atoms with Crippen LogP contribution in [0.2, 0.25) is 0 Å². The van der Waals surface area contributed by atoms with Crippen molar-refractivity contribution in [2.45, 2.75) is 12.8 Å². The topological polar surface area (TPSA) is 42.5 Å². The van der Waals surface area contributed by atoms with Gasteiger partial charge in [-0.15, -0.1) is 0 Å². The number of anilines is 1. The summed E-state index contributed by atoms with van der Waals surface area (Å²) in [5, 5.41) is 6.86. The van der Waals surface area contributed by atoms with E-state index in [4.69, 9.17) is 9.47 Å². The van der Waals surface area contributed by atoms with Crippen LogP contribution in [0.4, 0.5) is 5.69 Å². The van der Waals surface area contributed by atoms with Crippen molar-refractivity contribution in [2.24, 2.45) is 5.92 Å². The smallest absolute Gasteiger partial charge is 0.145 e. The fourth-order valence-electron chi connectivity index (χ4n) is 2.28. The van der Waals surface area contributed by atoms with Crippen molar-refractivity contribution < 1.29 is 9.47 Å². The lowest BCUT2D eigenvalue weighted by Crippen LogP contribution is -2.31. The van der Waals surface area contributed by atoms with E-state index < -0.39 is 0 Å². The van der Waals surface area contributed by atoms with Gasteiger partial charge in [-0.25, -0.2) is 0 Å². The van der Waals surface area contributed by atoms with Crippen LogP contribution in [-0.2, 0) is 0 Å². The van der Waals surface area contributed by atoms with Gasteiger partial charge in [-0.1, -0.05) is 0 Å². The zero-order valence-corrected chi connectivity index (χ0v) is 11.2. The van der Waals surface area contributed by atoms with Crippen LogP contribution in [0.25, 0.3) is 0 Å². The van der Waals surface area contributed by atoms with Crippen LogP contribution < -0.4 is 20.1 Å². The minimum absolute atomic E-state index is 0.748. The number of ether oxygens (including phenoxy) is 2. The van der Waals surface area contributed by atoms with Crippen molar-refractivity contribution in [3.05, 3.63) is 18.2 Å². The Kier molecular flexibility index (Phi) is 4.70.